The Morgan fingerprint density at radius 2 is 2.00 bits per heavy atom. The zero-order valence-electron chi connectivity index (χ0n) is 11.1. The van der Waals surface area contributed by atoms with E-state index in [2.05, 4.69) is 0 Å². The van der Waals surface area contributed by atoms with Crippen molar-refractivity contribution in [2.75, 3.05) is 13.1 Å². The van der Waals surface area contributed by atoms with E-state index in [4.69, 9.17) is 5.73 Å². The Morgan fingerprint density at radius 1 is 1.40 bits per heavy atom. The van der Waals surface area contributed by atoms with Crippen molar-refractivity contribution in [3.05, 3.63) is 34.4 Å². The van der Waals surface area contributed by atoms with Gasteiger partial charge in [0.15, 0.2) is 0 Å². The van der Waals surface area contributed by atoms with Crippen LogP contribution in [0.1, 0.15) is 13.3 Å². The molecule has 1 aliphatic heterocycles. The van der Waals surface area contributed by atoms with Gasteiger partial charge in [-0.05, 0) is 31.4 Å². The summed E-state index contributed by atoms with van der Waals surface area (Å²) in [5.41, 5.74) is 5.67. The average Bonchev–Trinajstić information content (AvgIpc) is 2.89. The van der Waals surface area contributed by atoms with Crippen LogP contribution < -0.4 is 5.73 Å². The Balaban J connectivity index is 2.21. The van der Waals surface area contributed by atoms with Gasteiger partial charge in [-0.15, -0.1) is 0 Å². The summed E-state index contributed by atoms with van der Waals surface area (Å²) >= 11 is 0. The fourth-order valence-corrected chi connectivity index (χ4v) is 3.80. The highest BCUT2D eigenvalue weighted by Crippen LogP contribution is 2.26. The summed E-state index contributed by atoms with van der Waals surface area (Å²) < 4.78 is 26.2. The normalized spacial score (nSPS) is 21.8. The third-order valence-electron chi connectivity index (χ3n) is 3.62. The van der Waals surface area contributed by atoms with E-state index in [1.165, 1.54) is 28.6 Å². The number of nitrogens with two attached hydrogens (primary N) is 1. The molecule has 1 heterocycles. The van der Waals surface area contributed by atoms with Crippen LogP contribution >= 0.6 is 0 Å². The first-order chi connectivity index (χ1) is 9.32. The third kappa shape index (κ3) is 2.82. The van der Waals surface area contributed by atoms with E-state index in [-0.39, 0.29) is 22.5 Å². The second-order valence-electron chi connectivity index (χ2n) is 5.02. The van der Waals surface area contributed by atoms with Crippen molar-refractivity contribution in [2.24, 2.45) is 11.7 Å². The van der Waals surface area contributed by atoms with E-state index in [9.17, 15) is 18.5 Å². The molecule has 1 aromatic rings. The van der Waals surface area contributed by atoms with Crippen molar-refractivity contribution in [3.63, 3.8) is 0 Å². The predicted molar refractivity (Wildman–Crippen MR) is 73.6 cm³/mol. The third-order valence-corrected chi connectivity index (χ3v) is 5.50. The van der Waals surface area contributed by atoms with Crippen molar-refractivity contribution in [1.82, 2.24) is 4.31 Å². The first-order valence-corrected chi connectivity index (χ1v) is 7.76. The topological polar surface area (TPSA) is 107 Å². The smallest absolute Gasteiger partial charge is 0.269 e. The molecule has 1 saturated heterocycles. The van der Waals surface area contributed by atoms with E-state index in [1.807, 2.05) is 6.92 Å². The molecular formula is C12H17N3O4S. The van der Waals surface area contributed by atoms with E-state index >= 15 is 0 Å². The number of nitro benzene ring substituents is 1. The van der Waals surface area contributed by atoms with Crippen molar-refractivity contribution in [3.8, 4) is 0 Å². The standard InChI is InChI=1S/C12H17N3O4S/c1-9(13)10-6-7-14(8-10)20(18,19)12-4-2-11(3-5-12)15(16)17/h2-5,9-10H,6-8,13H2,1H3/t9-,10+/m1/s1. The van der Waals surface area contributed by atoms with Gasteiger partial charge < -0.3 is 5.73 Å². The highest BCUT2D eigenvalue weighted by Gasteiger charge is 2.34. The Kier molecular flexibility index (Phi) is 4.07. The minimum absolute atomic E-state index is 0.0490. The molecule has 0 amide bonds. The van der Waals surface area contributed by atoms with Gasteiger partial charge in [-0.2, -0.15) is 4.31 Å². The fourth-order valence-electron chi connectivity index (χ4n) is 2.29. The molecule has 8 heteroatoms. The number of hydrogen-bond donors (Lipinski definition) is 1. The van der Waals surface area contributed by atoms with Crippen LogP contribution in [0.3, 0.4) is 0 Å². The number of nitro groups is 1. The molecule has 7 nitrogen and oxygen atoms in total. The first kappa shape index (κ1) is 14.9. The SMILES string of the molecule is C[C@@H](N)[C@H]1CCN(S(=O)(=O)c2ccc([N+](=O)[O-])cc2)C1. The van der Waals surface area contributed by atoms with E-state index in [0.717, 1.165) is 6.42 Å². The van der Waals surface area contributed by atoms with Gasteiger partial charge in [-0.25, -0.2) is 8.42 Å². The molecule has 2 rings (SSSR count). The number of benzene rings is 1. The number of rotatable bonds is 4. The number of non-ortho nitro benzene ring substituents is 1. The number of sulfonamides is 1. The Morgan fingerprint density at radius 3 is 2.45 bits per heavy atom. The van der Waals surface area contributed by atoms with Gasteiger partial charge in [0.2, 0.25) is 10.0 Å². The predicted octanol–water partition coefficient (Wildman–Crippen LogP) is 0.953. The monoisotopic (exact) mass is 299 g/mol. The highest BCUT2D eigenvalue weighted by atomic mass is 32.2. The molecule has 20 heavy (non-hydrogen) atoms. The summed E-state index contributed by atoms with van der Waals surface area (Å²) in [6.07, 6.45) is 0.740. The van der Waals surface area contributed by atoms with E-state index in [1.54, 1.807) is 0 Å². The molecule has 0 aromatic heterocycles. The summed E-state index contributed by atoms with van der Waals surface area (Å²) in [6, 6.07) is 4.89. The van der Waals surface area contributed by atoms with Crippen LogP contribution in [0, 0.1) is 16.0 Å². The Labute approximate surface area is 117 Å². The maximum Gasteiger partial charge on any atom is 0.269 e. The van der Waals surface area contributed by atoms with Gasteiger partial charge in [0, 0.05) is 31.3 Å². The number of nitrogens with zero attached hydrogens (tertiary/aromatic N) is 2. The number of hydrogen-bond acceptors (Lipinski definition) is 5. The van der Waals surface area contributed by atoms with E-state index < -0.39 is 14.9 Å². The van der Waals surface area contributed by atoms with Gasteiger partial charge in [-0.1, -0.05) is 0 Å². The van der Waals surface area contributed by atoms with Crippen LogP contribution in [-0.4, -0.2) is 36.8 Å². The molecule has 0 saturated carbocycles. The summed E-state index contributed by atoms with van der Waals surface area (Å²) in [5, 5.41) is 10.6. The lowest BCUT2D eigenvalue weighted by Gasteiger charge is -2.18. The molecule has 0 bridgehead atoms. The lowest BCUT2D eigenvalue weighted by molar-refractivity contribution is -0.384. The maximum absolute atomic E-state index is 12.4. The molecule has 110 valence electrons. The van der Waals surface area contributed by atoms with Crippen molar-refractivity contribution < 1.29 is 13.3 Å². The lowest BCUT2D eigenvalue weighted by atomic mass is 10.0. The second-order valence-corrected chi connectivity index (χ2v) is 6.96. The second kappa shape index (κ2) is 5.47. The largest absolute Gasteiger partial charge is 0.328 e. The van der Waals surface area contributed by atoms with Gasteiger partial charge in [-0.3, -0.25) is 10.1 Å². The summed E-state index contributed by atoms with van der Waals surface area (Å²) in [4.78, 5) is 10.1. The van der Waals surface area contributed by atoms with Crippen molar-refractivity contribution in [2.45, 2.75) is 24.3 Å². The van der Waals surface area contributed by atoms with Crippen molar-refractivity contribution in [1.29, 1.82) is 0 Å². The van der Waals surface area contributed by atoms with Gasteiger partial charge >= 0.3 is 0 Å². The molecule has 1 aliphatic rings. The molecule has 1 fully saturated rings. The Hall–Kier alpha value is -1.51. The summed E-state index contributed by atoms with van der Waals surface area (Å²) in [6.45, 7) is 2.70. The molecule has 0 unspecified atom stereocenters. The molecular weight excluding hydrogens is 282 g/mol. The van der Waals surface area contributed by atoms with Gasteiger partial charge in [0.1, 0.15) is 0 Å². The fraction of sp³-hybridized carbons (Fsp3) is 0.500. The molecule has 0 radical (unpaired) electrons. The summed E-state index contributed by atoms with van der Waals surface area (Å²) in [5.74, 6) is 0.155. The molecule has 2 N–H and O–H groups in total. The minimum Gasteiger partial charge on any atom is -0.328 e. The molecule has 0 spiro atoms. The molecule has 0 aliphatic carbocycles. The van der Waals surface area contributed by atoms with Gasteiger partial charge in [0.05, 0.1) is 9.82 Å². The molecule has 2 atom stereocenters. The first-order valence-electron chi connectivity index (χ1n) is 6.32. The summed E-state index contributed by atoms with van der Waals surface area (Å²) in [7, 11) is -3.59. The average molecular weight is 299 g/mol. The van der Waals surface area contributed by atoms with Crippen LogP contribution in [0.25, 0.3) is 0 Å². The van der Waals surface area contributed by atoms with E-state index in [0.29, 0.717) is 13.1 Å². The van der Waals surface area contributed by atoms with Crippen LogP contribution in [-0.2, 0) is 10.0 Å². The van der Waals surface area contributed by atoms with Crippen LogP contribution in [0.5, 0.6) is 0 Å². The van der Waals surface area contributed by atoms with Crippen LogP contribution in [0.2, 0.25) is 0 Å². The zero-order chi connectivity index (χ0) is 14.9. The van der Waals surface area contributed by atoms with Crippen LogP contribution in [0.15, 0.2) is 29.2 Å². The Bertz CT molecular complexity index is 598. The van der Waals surface area contributed by atoms with Crippen LogP contribution in [0.4, 0.5) is 5.69 Å². The quantitative estimate of drug-likeness (QED) is 0.658. The lowest BCUT2D eigenvalue weighted by Crippen LogP contribution is -2.33. The highest BCUT2D eigenvalue weighted by molar-refractivity contribution is 7.89. The molecule has 1 aromatic carbocycles. The van der Waals surface area contributed by atoms with Crippen molar-refractivity contribution >= 4 is 15.7 Å². The van der Waals surface area contributed by atoms with Gasteiger partial charge in [0.25, 0.3) is 5.69 Å². The zero-order valence-corrected chi connectivity index (χ0v) is 11.9. The maximum atomic E-state index is 12.4. The minimum atomic E-state index is -3.59.